The van der Waals surface area contributed by atoms with Gasteiger partial charge in [-0.15, -0.1) is 0 Å². The number of aromatic nitrogens is 2. The van der Waals surface area contributed by atoms with E-state index in [9.17, 15) is 4.79 Å². The molecule has 0 saturated carbocycles. The predicted octanol–water partition coefficient (Wildman–Crippen LogP) is 5.37. The summed E-state index contributed by atoms with van der Waals surface area (Å²) >= 11 is 13.2. The van der Waals surface area contributed by atoms with Crippen LogP contribution in [0.4, 0.5) is 5.82 Å². The number of nitrogens with zero attached hydrogens (tertiary/aromatic N) is 4. The number of hydrogen-bond donors (Lipinski definition) is 3. The summed E-state index contributed by atoms with van der Waals surface area (Å²) in [5, 5.41) is 13.0. The van der Waals surface area contributed by atoms with E-state index in [1.807, 2.05) is 6.07 Å². The van der Waals surface area contributed by atoms with Crippen molar-refractivity contribution in [1.29, 1.82) is 0 Å². The number of nitrogens with two attached hydrogens (primary N) is 1. The van der Waals surface area contributed by atoms with Gasteiger partial charge in [-0.1, -0.05) is 44.0 Å². The van der Waals surface area contributed by atoms with Gasteiger partial charge in [-0.25, -0.2) is 4.99 Å². The van der Waals surface area contributed by atoms with Crippen LogP contribution in [0.5, 0.6) is 0 Å². The number of fused-ring (bicyclic) bond motifs is 1. The number of carbonyl (C=O) groups excluding carboxylic acids is 1. The summed E-state index contributed by atoms with van der Waals surface area (Å²) in [5.41, 5.74) is 8.74. The molecule has 210 valence electrons. The van der Waals surface area contributed by atoms with Crippen LogP contribution in [0.15, 0.2) is 27.9 Å². The quantitative estimate of drug-likeness (QED) is 0.205. The molecule has 2 aromatic rings. The number of hydrogen-bond acceptors (Lipinski definition) is 6. The fraction of sp³-hybridized carbons (Fsp3) is 0.607. The molecule has 2 heterocycles. The molecule has 1 atom stereocenters. The van der Waals surface area contributed by atoms with E-state index >= 15 is 0 Å². The molecule has 0 spiro atoms. The number of likely N-dealkylation sites (N-methyl/N-ethyl adjacent to an activating group) is 1. The van der Waals surface area contributed by atoms with Gasteiger partial charge in [-0.3, -0.25) is 9.89 Å². The highest BCUT2D eigenvalue weighted by Gasteiger charge is 2.26. The smallest absolute Gasteiger partial charge is 0.252 e. The molecule has 0 bridgehead atoms. The van der Waals surface area contributed by atoms with Gasteiger partial charge in [0, 0.05) is 48.8 Å². The summed E-state index contributed by atoms with van der Waals surface area (Å²) < 4.78 is 0. The average molecular weight is 565 g/mol. The summed E-state index contributed by atoms with van der Waals surface area (Å²) in [4.78, 5) is 21.6. The maximum atomic E-state index is 12.8. The predicted molar refractivity (Wildman–Crippen MR) is 160 cm³/mol. The highest BCUT2D eigenvalue weighted by Crippen LogP contribution is 2.34. The normalized spacial score (nSPS) is 17.9. The first kappa shape index (κ1) is 30.4. The standard InChI is InChI=1S/C28H43Cl2N7O/c1-17(2)37-10-8-19(16-37)12-20(33-25(30)18(3)27(38)36(7)11-9-31)15-32-26-21-13-22(28(4,5)6)23(29)14-24(21)34-35-26/h13-14,17,19H,8-12,15-16,31H2,1-7H3,(H2,32,34,35)/b25-18+,33-20?/t19-/m0/s1. The Morgan fingerprint density at radius 3 is 2.68 bits per heavy atom. The second-order valence-electron chi connectivity index (χ2n) is 11.6. The number of carbonyl (C=O) groups is 1. The Balaban J connectivity index is 1.88. The second-order valence-corrected chi connectivity index (χ2v) is 12.4. The third-order valence-electron chi connectivity index (χ3n) is 7.19. The van der Waals surface area contributed by atoms with Crippen LogP contribution in [0.2, 0.25) is 5.02 Å². The van der Waals surface area contributed by atoms with Crippen LogP contribution in [0, 0.1) is 5.92 Å². The Kier molecular flexibility index (Phi) is 10.3. The summed E-state index contributed by atoms with van der Waals surface area (Å²) in [7, 11) is 1.72. The van der Waals surface area contributed by atoms with Gasteiger partial charge >= 0.3 is 0 Å². The van der Waals surface area contributed by atoms with Crippen LogP contribution in [0.25, 0.3) is 10.9 Å². The lowest BCUT2D eigenvalue weighted by molar-refractivity contribution is -0.125. The molecular weight excluding hydrogens is 521 g/mol. The van der Waals surface area contributed by atoms with E-state index in [1.165, 1.54) is 0 Å². The molecular formula is C28H43Cl2N7O. The highest BCUT2D eigenvalue weighted by molar-refractivity contribution is 6.32. The fourth-order valence-electron chi connectivity index (χ4n) is 4.81. The monoisotopic (exact) mass is 563 g/mol. The Bertz CT molecular complexity index is 1200. The summed E-state index contributed by atoms with van der Waals surface area (Å²) in [6.45, 7) is 16.0. The molecule has 1 aromatic carbocycles. The lowest BCUT2D eigenvalue weighted by atomic mass is 9.86. The molecule has 0 radical (unpaired) electrons. The lowest BCUT2D eigenvalue weighted by Gasteiger charge is -2.21. The SMILES string of the molecule is C/C(C(=O)N(C)CCN)=C(/Cl)N=C(CNc1n[nH]c2cc(Cl)c(C(C)(C)C)cc12)C[C@@H]1CCN(C(C)C)C1. The maximum Gasteiger partial charge on any atom is 0.252 e. The minimum absolute atomic E-state index is 0.101. The minimum Gasteiger partial charge on any atom is -0.363 e. The van der Waals surface area contributed by atoms with Crippen molar-refractivity contribution in [2.24, 2.45) is 16.6 Å². The summed E-state index contributed by atoms with van der Waals surface area (Å²) in [6.07, 6.45) is 1.89. The number of nitrogens with one attached hydrogen (secondary N) is 2. The van der Waals surface area contributed by atoms with Crippen molar-refractivity contribution in [1.82, 2.24) is 20.0 Å². The van der Waals surface area contributed by atoms with Gasteiger partial charge in [0.1, 0.15) is 5.16 Å². The molecule has 0 aliphatic carbocycles. The van der Waals surface area contributed by atoms with Crippen molar-refractivity contribution in [2.45, 2.75) is 65.8 Å². The topological polar surface area (TPSA) is 103 Å². The first-order valence-electron chi connectivity index (χ1n) is 13.4. The van der Waals surface area contributed by atoms with Crippen LogP contribution in [-0.4, -0.2) is 77.4 Å². The zero-order valence-corrected chi connectivity index (χ0v) is 25.3. The van der Waals surface area contributed by atoms with Crippen molar-refractivity contribution in [3.05, 3.63) is 33.4 Å². The molecule has 1 fully saturated rings. The highest BCUT2D eigenvalue weighted by atomic mass is 35.5. The van der Waals surface area contributed by atoms with Crippen molar-refractivity contribution >= 4 is 51.5 Å². The van der Waals surface area contributed by atoms with Gasteiger partial charge in [0.25, 0.3) is 5.91 Å². The van der Waals surface area contributed by atoms with Crippen molar-refractivity contribution in [3.63, 3.8) is 0 Å². The average Bonchev–Trinajstić information content (AvgIpc) is 3.47. The van der Waals surface area contributed by atoms with Crippen molar-refractivity contribution in [2.75, 3.05) is 45.1 Å². The second kappa shape index (κ2) is 12.8. The molecule has 8 nitrogen and oxygen atoms in total. The Labute approximate surface area is 237 Å². The zero-order chi connectivity index (χ0) is 28.2. The number of H-pyrrole nitrogens is 1. The first-order valence-corrected chi connectivity index (χ1v) is 14.1. The van der Waals surface area contributed by atoms with E-state index in [0.717, 1.165) is 58.9 Å². The maximum absolute atomic E-state index is 12.8. The van der Waals surface area contributed by atoms with Crippen LogP contribution in [0.1, 0.15) is 59.9 Å². The van der Waals surface area contributed by atoms with Crippen LogP contribution in [0.3, 0.4) is 0 Å². The zero-order valence-electron chi connectivity index (χ0n) is 23.8. The summed E-state index contributed by atoms with van der Waals surface area (Å²) in [6, 6.07) is 4.54. The molecule has 10 heteroatoms. The molecule has 4 N–H and O–H groups in total. The number of aliphatic imine (C=N–C) groups is 1. The number of aromatic amines is 1. The minimum atomic E-state index is -0.173. The molecule has 1 amide bonds. The van der Waals surface area contributed by atoms with Gasteiger partial charge in [-0.2, -0.15) is 5.10 Å². The van der Waals surface area contributed by atoms with Gasteiger partial charge < -0.3 is 20.9 Å². The van der Waals surface area contributed by atoms with E-state index in [0.29, 0.717) is 37.2 Å². The Hall–Kier alpha value is -2.13. The Morgan fingerprint density at radius 1 is 1.37 bits per heavy atom. The largest absolute Gasteiger partial charge is 0.363 e. The molecule has 0 unspecified atom stereocenters. The van der Waals surface area contributed by atoms with E-state index in [2.05, 4.69) is 61.1 Å². The van der Waals surface area contributed by atoms with E-state index in [1.54, 1.807) is 18.9 Å². The van der Waals surface area contributed by atoms with E-state index < -0.39 is 0 Å². The lowest BCUT2D eigenvalue weighted by Crippen LogP contribution is -2.32. The Morgan fingerprint density at radius 2 is 2.08 bits per heavy atom. The van der Waals surface area contributed by atoms with Crippen LogP contribution in [-0.2, 0) is 10.2 Å². The van der Waals surface area contributed by atoms with Crippen molar-refractivity contribution in [3.8, 4) is 0 Å². The molecule has 1 saturated heterocycles. The number of rotatable bonds is 10. The van der Waals surface area contributed by atoms with Crippen molar-refractivity contribution < 1.29 is 4.79 Å². The first-order chi connectivity index (χ1) is 17.8. The number of halogens is 2. The van der Waals surface area contributed by atoms with Gasteiger partial charge in [0.2, 0.25) is 0 Å². The van der Waals surface area contributed by atoms with Gasteiger partial charge in [-0.05, 0) is 69.2 Å². The third-order valence-corrected chi connectivity index (χ3v) is 7.87. The van der Waals surface area contributed by atoms with Gasteiger partial charge in [0.05, 0.1) is 17.6 Å². The number of likely N-dealkylation sites (tertiary alicyclic amines) is 1. The van der Waals surface area contributed by atoms with E-state index in [4.69, 9.17) is 33.9 Å². The molecule has 1 aliphatic heterocycles. The molecule has 1 aromatic heterocycles. The van der Waals surface area contributed by atoms with Gasteiger partial charge in [0.15, 0.2) is 5.82 Å². The molecule has 1 aliphatic rings. The third kappa shape index (κ3) is 7.50. The van der Waals surface area contributed by atoms with E-state index in [-0.39, 0.29) is 16.5 Å². The molecule has 3 rings (SSSR count). The van der Waals surface area contributed by atoms with Crippen LogP contribution >= 0.6 is 23.2 Å². The van der Waals surface area contributed by atoms with Crippen LogP contribution < -0.4 is 11.1 Å². The summed E-state index contributed by atoms with van der Waals surface area (Å²) in [5.74, 6) is 1.04. The number of amides is 1. The molecule has 38 heavy (non-hydrogen) atoms. The number of anilines is 1. The fourth-order valence-corrected chi connectivity index (χ4v) is 5.46. The number of benzene rings is 1.